The van der Waals surface area contributed by atoms with Crippen LogP contribution in [0, 0.1) is 34.5 Å². The van der Waals surface area contributed by atoms with Gasteiger partial charge in [-0.1, -0.05) is 37.9 Å². The van der Waals surface area contributed by atoms with Crippen LogP contribution in [-0.4, -0.2) is 42.4 Å². The molecule has 0 bridgehead atoms. The average molecular weight is 459 g/mol. The van der Waals surface area contributed by atoms with Gasteiger partial charge in [-0.3, -0.25) is 4.79 Å². The molecule has 3 aliphatic carbocycles. The van der Waals surface area contributed by atoms with Crippen LogP contribution in [0.5, 0.6) is 0 Å². The Balaban J connectivity index is 1.43. The maximum absolute atomic E-state index is 11.4. The van der Waals surface area contributed by atoms with E-state index in [1.807, 2.05) is 6.08 Å². The van der Waals surface area contributed by atoms with Gasteiger partial charge >= 0.3 is 0 Å². The van der Waals surface area contributed by atoms with Gasteiger partial charge in [0, 0.05) is 18.4 Å². The third-order valence-corrected chi connectivity index (χ3v) is 10.3. The minimum atomic E-state index is -0.251. The summed E-state index contributed by atoms with van der Waals surface area (Å²) in [7, 11) is 0. The smallest absolute Gasteiger partial charge is 0.142 e. The van der Waals surface area contributed by atoms with E-state index in [0.29, 0.717) is 23.9 Å². The zero-order chi connectivity index (χ0) is 23.6. The molecule has 0 aromatic carbocycles. The molecule has 8 atom stereocenters. The van der Waals surface area contributed by atoms with Crippen molar-refractivity contribution in [1.29, 1.82) is 0 Å². The number of aliphatic hydroxyl groups is 1. The Bertz CT molecular complexity index is 764. The van der Waals surface area contributed by atoms with Crippen LogP contribution in [-0.2, 0) is 9.63 Å². The van der Waals surface area contributed by atoms with Gasteiger partial charge < -0.3 is 15.3 Å². The van der Waals surface area contributed by atoms with Gasteiger partial charge in [-0.15, -0.1) is 0 Å². The van der Waals surface area contributed by atoms with Crippen molar-refractivity contribution in [3.63, 3.8) is 0 Å². The Labute approximate surface area is 200 Å². The molecule has 0 aromatic heterocycles. The summed E-state index contributed by atoms with van der Waals surface area (Å²) in [5.74, 6) is 2.71. The summed E-state index contributed by atoms with van der Waals surface area (Å²) >= 11 is 0. The number of hydrogen-bond acceptors (Lipinski definition) is 5. The molecule has 3 saturated carbocycles. The van der Waals surface area contributed by atoms with Crippen molar-refractivity contribution in [2.45, 2.75) is 104 Å². The Morgan fingerprint density at radius 2 is 2.03 bits per heavy atom. The fourth-order valence-corrected chi connectivity index (χ4v) is 8.67. The number of oxime groups is 1. The van der Waals surface area contributed by atoms with Crippen LogP contribution in [0.1, 0.15) is 91.9 Å². The van der Waals surface area contributed by atoms with Gasteiger partial charge in [-0.05, 0) is 99.5 Å². The van der Waals surface area contributed by atoms with Crippen molar-refractivity contribution in [2.75, 3.05) is 13.2 Å². The zero-order valence-corrected chi connectivity index (χ0v) is 21.3. The predicted octanol–water partition coefficient (Wildman–Crippen LogP) is 5.28. The summed E-state index contributed by atoms with van der Waals surface area (Å²) in [6.07, 6.45) is 14.0. The van der Waals surface area contributed by atoms with Gasteiger partial charge in [0.05, 0.1) is 11.8 Å². The van der Waals surface area contributed by atoms with Gasteiger partial charge in [0.2, 0.25) is 0 Å². The highest BCUT2D eigenvalue weighted by atomic mass is 16.6. The molecule has 0 spiro atoms. The number of carbonyl (C=O) groups is 1. The molecule has 1 heterocycles. The molecule has 2 N–H and O–H groups in total. The van der Waals surface area contributed by atoms with Crippen LogP contribution < -0.4 is 5.32 Å². The molecule has 4 aliphatic rings. The molecule has 1 aliphatic heterocycles. The number of carbonyl (C=O) groups excluding carboxylic acids is 1. The summed E-state index contributed by atoms with van der Waals surface area (Å²) < 4.78 is 0. The highest BCUT2D eigenvalue weighted by Crippen LogP contribution is 2.66. The lowest BCUT2D eigenvalue weighted by atomic mass is 9.47. The molecular weight excluding hydrogens is 412 g/mol. The number of nitrogens with one attached hydrogen (secondary N) is 1. The SMILES string of the molecule is CCCC1(C)/C(=C\C=O)CCC2C1CCC1(C)C(/C(C)=N/OCCC3NCCC3O)CCC21. The van der Waals surface area contributed by atoms with Crippen LogP contribution in [0.2, 0.25) is 0 Å². The third kappa shape index (κ3) is 4.57. The first-order chi connectivity index (χ1) is 15.8. The maximum Gasteiger partial charge on any atom is 0.142 e. The number of nitrogens with zero attached hydrogens (tertiary/aromatic N) is 1. The fourth-order valence-electron chi connectivity index (χ4n) is 8.67. The van der Waals surface area contributed by atoms with Crippen molar-refractivity contribution < 1.29 is 14.7 Å². The van der Waals surface area contributed by atoms with Crippen molar-refractivity contribution in [3.05, 3.63) is 11.6 Å². The van der Waals surface area contributed by atoms with E-state index in [9.17, 15) is 9.90 Å². The van der Waals surface area contributed by atoms with E-state index in [1.165, 1.54) is 50.5 Å². The summed E-state index contributed by atoms with van der Waals surface area (Å²) in [4.78, 5) is 17.1. The quantitative estimate of drug-likeness (QED) is 0.171. The summed E-state index contributed by atoms with van der Waals surface area (Å²) in [6.45, 7) is 10.9. The van der Waals surface area contributed by atoms with Gasteiger partial charge in [-0.25, -0.2) is 0 Å². The minimum Gasteiger partial charge on any atom is -0.396 e. The number of hydrogen-bond donors (Lipinski definition) is 2. The van der Waals surface area contributed by atoms with E-state index in [1.54, 1.807) is 0 Å². The van der Waals surface area contributed by atoms with E-state index in [2.05, 4.69) is 38.2 Å². The van der Waals surface area contributed by atoms with E-state index >= 15 is 0 Å². The normalized spacial score (nSPS) is 44.5. The van der Waals surface area contributed by atoms with Crippen molar-refractivity contribution >= 4 is 12.0 Å². The molecule has 1 saturated heterocycles. The van der Waals surface area contributed by atoms with Crippen LogP contribution in [0.15, 0.2) is 16.8 Å². The summed E-state index contributed by atoms with van der Waals surface area (Å²) in [5, 5.41) is 17.9. The van der Waals surface area contributed by atoms with E-state index < -0.39 is 0 Å². The minimum absolute atomic E-state index is 0.144. The average Bonchev–Trinajstić information content (AvgIpc) is 3.36. The first-order valence-corrected chi connectivity index (χ1v) is 13.6. The van der Waals surface area contributed by atoms with Gasteiger partial charge in [0.1, 0.15) is 12.9 Å². The van der Waals surface area contributed by atoms with E-state index in [4.69, 9.17) is 4.84 Å². The van der Waals surface area contributed by atoms with E-state index in [0.717, 1.165) is 49.6 Å². The third-order valence-electron chi connectivity index (χ3n) is 10.3. The highest BCUT2D eigenvalue weighted by molar-refractivity contribution is 5.85. The van der Waals surface area contributed by atoms with Crippen LogP contribution in [0.25, 0.3) is 0 Å². The molecule has 4 fully saturated rings. The van der Waals surface area contributed by atoms with Gasteiger partial charge in [0.25, 0.3) is 0 Å². The molecule has 186 valence electrons. The second kappa shape index (κ2) is 10.2. The molecule has 33 heavy (non-hydrogen) atoms. The second-order valence-corrected chi connectivity index (χ2v) is 11.9. The Kier molecular flexibility index (Phi) is 7.69. The summed E-state index contributed by atoms with van der Waals surface area (Å²) in [6, 6.07) is 0.144. The van der Waals surface area contributed by atoms with Gasteiger partial charge in [0.15, 0.2) is 0 Å². The van der Waals surface area contributed by atoms with Crippen LogP contribution in [0.3, 0.4) is 0 Å². The number of aliphatic hydroxyl groups excluding tert-OH is 1. The molecule has 4 rings (SSSR count). The molecular formula is C28H46N2O3. The number of aldehydes is 1. The lowest BCUT2D eigenvalue weighted by Crippen LogP contribution is -2.50. The van der Waals surface area contributed by atoms with Crippen LogP contribution >= 0.6 is 0 Å². The molecule has 5 heteroatoms. The monoisotopic (exact) mass is 458 g/mol. The van der Waals surface area contributed by atoms with Crippen molar-refractivity contribution in [2.24, 2.45) is 39.7 Å². The number of allylic oxidation sites excluding steroid dienone is 2. The summed E-state index contributed by atoms with van der Waals surface area (Å²) in [5.41, 5.74) is 3.06. The first-order valence-electron chi connectivity index (χ1n) is 13.6. The fraction of sp³-hybridized carbons (Fsp3) is 0.857. The first kappa shape index (κ1) is 24.9. The standard InChI is InChI=1S/C28H46N2O3/c1-5-14-27(3)20(12-17-31)6-7-21-23-9-8-22(28(23,4)15-10-24(21)27)19(2)30-33-18-13-25-26(32)11-16-29-25/h12,17,21-26,29,32H,5-11,13-16,18H2,1-4H3/b20-12-,30-19+. The molecule has 0 aromatic rings. The second-order valence-electron chi connectivity index (χ2n) is 11.9. The topological polar surface area (TPSA) is 70.9 Å². The van der Waals surface area contributed by atoms with Crippen LogP contribution in [0.4, 0.5) is 0 Å². The Hall–Kier alpha value is -1.20. The predicted molar refractivity (Wildman–Crippen MR) is 133 cm³/mol. The largest absolute Gasteiger partial charge is 0.396 e. The van der Waals surface area contributed by atoms with Gasteiger partial charge in [-0.2, -0.15) is 0 Å². The Morgan fingerprint density at radius 1 is 1.21 bits per heavy atom. The number of fused-ring (bicyclic) bond motifs is 3. The Morgan fingerprint density at radius 3 is 2.73 bits per heavy atom. The highest BCUT2D eigenvalue weighted by Gasteiger charge is 2.58. The van der Waals surface area contributed by atoms with Crippen molar-refractivity contribution in [1.82, 2.24) is 5.32 Å². The number of rotatable bonds is 8. The zero-order valence-electron chi connectivity index (χ0n) is 21.3. The molecule has 0 radical (unpaired) electrons. The lowest BCUT2D eigenvalue weighted by molar-refractivity contribution is -0.104. The molecule has 0 amide bonds. The molecule has 8 unspecified atom stereocenters. The molecule has 5 nitrogen and oxygen atoms in total. The van der Waals surface area contributed by atoms with E-state index in [-0.39, 0.29) is 17.6 Å². The van der Waals surface area contributed by atoms with Crippen molar-refractivity contribution in [3.8, 4) is 0 Å². The maximum atomic E-state index is 11.4. The lowest BCUT2D eigenvalue weighted by Gasteiger charge is -2.57.